The minimum absolute atomic E-state index is 0.0225. The Labute approximate surface area is 207 Å². The third kappa shape index (κ3) is 5.67. The second-order valence-corrected chi connectivity index (χ2v) is 11.2. The fourth-order valence-corrected chi connectivity index (χ4v) is 5.92. The number of benzene rings is 1. The fraction of sp³-hybridized carbons (Fsp3) is 0.462. The van der Waals surface area contributed by atoms with Crippen LogP contribution in [0.3, 0.4) is 0 Å². The smallest absolute Gasteiger partial charge is 0.247 e. The molecule has 0 bridgehead atoms. The first-order valence-electron chi connectivity index (χ1n) is 11.8. The van der Waals surface area contributed by atoms with E-state index in [-0.39, 0.29) is 41.5 Å². The molecule has 1 aliphatic heterocycles. The summed E-state index contributed by atoms with van der Waals surface area (Å²) in [5.74, 6) is 6.13. The maximum atomic E-state index is 13.6. The van der Waals surface area contributed by atoms with Crippen molar-refractivity contribution < 1.29 is 23.1 Å². The summed E-state index contributed by atoms with van der Waals surface area (Å²) in [6.45, 7) is 3.78. The Morgan fingerprint density at radius 2 is 2.06 bits per heavy atom. The number of fused-ring (bicyclic) bond motifs is 1. The molecular formula is C26H31N3O5S. The van der Waals surface area contributed by atoms with E-state index in [0.29, 0.717) is 17.8 Å². The number of aromatic nitrogens is 1. The van der Waals surface area contributed by atoms with Gasteiger partial charge in [0.2, 0.25) is 15.9 Å². The number of aliphatic hydroxyl groups excluding tert-OH is 1. The minimum atomic E-state index is -3.94. The van der Waals surface area contributed by atoms with Gasteiger partial charge in [0.15, 0.2) is 0 Å². The largest absolute Gasteiger partial charge is 0.487 e. The Kier molecular flexibility index (Phi) is 7.45. The van der Waals surface area contributed by atoms with Crippen molar-refractivity contribution >= 4 is 15.9 Å². The number of hydrogen-bond donors (Lipinski definition) is 1. The molecule has 4 rings (SSSR count). The van der Waals surface area contributed by atoms with Gasteiger partial charge >= 0.3 is 0 Å². The maximum Gasteiger partial charge on any atom is 0.247 e. The topological polar surface area (TPSA) is 100 Å². The number of likely N-dealkylation sites (N-methyl/N-ethyl adjacent to an activating group) is 1. The molecule has 2 aromatic rings. The molecule has 186 valence electrons. The Balaban J connectivity index is 1.72. The molecule has 1 fully saturated rings. The van der Waals surface area contributed by atoms with Crippen LogP contribution in [-0.2, 0) is 14.8 Å². The second-order valence-electron chi connectivity index (χ2n) is 9.36. The number of amides is 1. The number of carbonyl (C=O) groups is 1. The van der Waals surface area contributed by atoms with Gasteiger partial charge in [-0.15, -0.1) is 0 Å². The summed E-state index contributed by atoms with van der Waals surface area (Å²) in [5.41, 5.74) is 1.18. The Morgan fingerprint density at radius 3 is 2.71 bits per heavy atom. The summed E-state index contributed by atoms with van der Waals surface area (Å²) >= 11 is 0. The van der Waals surface area contributed by atoms with Crippen LogP contribution in [0.4, 0.5) is 0 Å². The van der Waals surface area contributed by atoms with E-state index >= 15 is 0 Å². The Hall–Kier alpha value is -2.93. The molecule has 1 aromatic carbocycles. The van der Waals surface area contributed by atoms with E-state index in [9.17, 15) is 18.3 Å². The van der Waals surface area contributed by atoms with Gasteiger partial charge in [-0.05, 0) is 56.0 Å². The van der Waals surface area contributed by atoms with E-state index in [0.717, 1.165) is 12.8 Å². The number of rotatable bonds is 5. The number of carbonyl (C=O) groups excluding carboxylic acids is 1. The molecule has 8 nitrogen and oxygen atoms in total. The van der Waals surface area contributed by atoms with Crippen LogP contribution in [0.2, 0.25) is 0 Å². The quantitative estimate of drug-likeness (QED) is 0.636. The van der Waals surface area contributed by atoms with Crippen LogP contribution < -0.4 is 4.74 Å². The molecule has 0 unspecified atom stereocenters. The van der Waals surface area contributed by atoms with Gasteiger partial charge in [-0.25, -0.2) is 13.4 Å². The first-order chi connectivity index (χ1) is 16.7. The van der Waals surface area contributed by atoms with Gasteiger partial charge in [0.25, 0.3) is 0 Å². The molecule has 35 heavy (non-hydrogen) atoms. The monoisotopic (exact) mass is 497 g/mol. The van der Waals surface area contributed by atoms with Crippen molar-refractivity contribution in [2.45, 2.75) is 43.7 Å². The average Bonchev–Trinajstić information content (AvgIpc) is 3.70. The van der Waals surface area contributed by atoms with Crippen LogP contribution in [0.25, 0.3) is 0 Å². The number of ether oxygens (including phenoxy) is 1. The standard InChI is InChI=1S/C26H31N3O5S/c1-18-15-29(19(2)17-30)35(32,33)25-12-8-20(7-11-22-6-4-5-13-27-22)14-23(25)34-24(18)16-28(3)26(31)21-9-10-21/h4-6,8,12-14,18-19,21,24,30H,9-10,15-17H2,1-3H3/t18-,19-,24-/m1/s1. The molecule has 1 aromatic heterocycles. The van der Waals surface area contributed by atoms with E-state index in [1.54, 1.807) is 49.3 Å². The highest BCUT2D eigenvalue weighted by Gasteiger charge is 2.39. The van der Waals surface area contributed by atoms with Crippen molar-refractivity contribution in [3.8, 4) is 17.6 Å². The normalized spacial score (nSPS) is 22.4. The molecule has 0 radical (unpaired) electrons. The minimum Gasteiger partial charge on any atom is -0.487 e. The summed E-state index contributed by atoms with van der Waals surface area (Å²) in [7, 11) is -2.18. The highest BCUT2D eigenvalue weighted by Crippen LogP contribution is 2.35. The first-order valence-corrected chi connectivity index (χ1v) is 13.3. The van der Waals surface area contributed by atoms with Crippen molar-refractivity contribution in [3.63, 3.8) is 0 Å². The highest BCUT2D eigenvalue weighted by atomic mass is 32.2. The van der Waals surface area contributed by atoms with Crippen LogP contribution in [0.1, 0.15) is 37.9 Å². The zero-order chi connectivity index (χ0) is 25.2. The summed E-state index contributed by atoms with van der Waals surface area (Å²) in [4.78, 5) is 18.5. The van der Waals surface area contributed by atoms with Gasteiger partial charge in [-0.2, -0.15) is 4.31 Å². The number of sulfonamides is 1. The number of hydrogen-bond acceptors (Lipinski definition) is 6. The summed E-state index contributed by atoms with van der Waals surface area (Å²) < 4.78 is 34.8. The van der Waals surface area contributed by atoms with Crippen molar-refractivity contribution in [2.75, 3.05) is 26.7 Å². The van der Waals surface area contributed by atoms with Gasteiger partial charge < -0.3 is 14.7 Å². The highest BCUT2D eigenvalue weighted by molar-refractivity contribution is 7.89. The van der Waals surface area contributed by atoms with Crippen molar-refractivity contribution in [1.29, 1.82) is 0 Å². The molecule has 1 aliphatic carbocycles. The van der Waals surface area contributed by atoms with Crippen LogP contribution >= 0.6 is 0 Å². The fourth-order valence-electron chi connectivity index (χ4n) is 4.10. The van der Waals surface area contributed by atoms with Crippen LogP contribution in [0.15, 0.2) is 47.5 Å². The van der Waals surface area contributed by atoms with Gasteiger partial charge in [-0.3, -0.25) is 4.79 Å². The Morgan fingerprint density at radius 1 is 1.29 bits per heavy atom. The zero-order valence-electron chi connectivity index (χ0n) is 20.2. The van der Waals surface area contributed by atoms with Crippen LogP contribution in [0, 0.1) is 23.7 Å². The third-order valence-electron chi connectivity index (χ3n) is 6.42. The molecule has 3 atom stereocenters. The summed E-state index contributed by atoms with van der Waals surface area (Å²) in [6.07, 6.45) is 3.03. The van der Waals surface area contributed by atoms with E-state index in [1.807, 2.05) is 13.0 Å². The predicted molar refractivity (Wildman–Crippen MR) is 131 cm³/mol. The van der Waals surface area contributed by atoms with E-state index in [1.165, 1.54) is 10.4 Å². The van der Waals surface area contributed by atoms with Crippen molar-refractivity contribution in [2.24, 2.45) is 11.8 Å². The molecule has 1 N–H and O–H groups in total. The van der Waals surface area contributed by atoms with Gasteiger partial charge in [0.05, 0.1) is 13.2 Å². The molecular weight excluding hydrogens is 466 g/mol. The van der Waals surface area contributed by atoms with Crippen LogP contribution in [-0.4, -0.2) is 72.5 Å². The van der Waals surface area contributed by atoms with E-state index in [4.69, 9.17) is 4.74 Å². The molecule has 9 heteroatoms. The molecule has 0 spiro atoms. The van der Waals surface area contributed by atoms with Crippen LogP contribution in [0.5, 0.6) is 5.75 Å². The molecule has 2 aliphatic rings. The lowest BCUT2D eigenvalue weighted by molar-refractivity contribution is -0.132. The lowest BCUT2D eigenvalue weighted by atomic mass is 10.0. The zero-order valence-corrected chi connectivity index (χ0v) is 21.0. The molecule has 0 saturated heterocycles. The van der Waals surface area contributed by atoms with Gasteiger partial charge in [0.1, 0.15) is 22.4 Å². The molecule has 1 amide bonds. The number of aliphatic hydroxyl groups is 1. The average molecular weight is 498 g/mol. The maximum absolute atomic E-state index is 13.6. The lowest BCUT2D eigenvalue weighted by Gasteiger charge is -2.37. The number of pyridine rings is 1. The van der Waals surface area contributed by atoms with Crippen molar-refractivity contribution in [1.82, 2.24) is 14.2 Å². The summed E-state index contributed by atoms with van der Waals surface area (Å²) in [6, 6.07) is 9.59. The summed E-state index contributed by atoms with van der Waals surface area (Å²) in [5, 5.41) is 9.78. The van der Waals surface area contributed by atoms with Crippen molar-refractivity contribution in [3.05, 3.63) is 53.9 Å². The molecule has 2 heterocycles. The van der Waals surface area contributed by atoms with Gasteiger partial charge in [-0.1, -0.05) is 18.9 Å². The molecule has 1 saturated carbocycles. The van der Waals surface area contributed by atoms with E-state index < -0.39 is 22.2 Å². The predicted octanol–water partition coefficient (Wildman–Crippen LogP) is 2.12. The van der Waals surface area contributed by atoms with Gasteiger partial charge in [0, 0.05) is 43.2 Å². The third-order valence-corrected chi connectivity index (χ3v) is 8.44. The Bertz CT molecular complexity index is 1230. The lowest BCUT2D eigenvalue weighted by Crippen LogP contribution is -2.50. The number of nitrogens with zero attached hydrogens (tertiary/aromatic N) is 3. The second kappa shape index (κ2) is 10.4. The SMILES string of the molecule is C[C@@H]1CN([C@H](C)CO)S(=O)(=O)c2ccc(C#Cc3ccccn3)cc2O[C@@H]1CN(C)C(=O)C1CC1. The first kappa shape index (κ1) is 25.2. The van der Waals surface area contributed by atoms with E-state index in [2.05, 4.69) is 16.8 Å².